The van der Waals surface area contributed by atoms with Gasteiger partial charge in [0.15, 0.2) is 5.79 Å². The Morgan fingerprint density at radius 3 is 1.30 bits per heavy atom. The van der Waals surface area contributed by atoms with E-state index < -0.39 is 21.8 Å². The molecule has 1 fully saturated rings. The quantitative estimate of drug-likeness (QED) is 0.630. The maximum atomic E-state index is 9.92. The predicted octanol–water partition coefficient (Wildman–Crippen LogP) is 1.32. The Labute approximate surface area is 141 Å². The molecule has 1 saturated carbocycles. The van der Waals surface area contributed by atoms with E-state index in [0.717, 1.165) is 27.1 Å². The second-order valence-corrected chi connectivity index (χ2v) is 6.72. The van der Waals surface area contributed by atoms with Crippen molar-refractivity contribution < 1.29 is 38.8 Å². The molecular weight excluding hydrogens is 352 g/mol. The molecule has 0 heterocycles. The topological polar surface area (TPSA) is 107 Å². The summed E-state index contributed by atoms with van der Waals surface area (Å²) in [6, 6.07) is 0. The zero-order valence-electron chi connectivity index (χ0n) is 14.5. The van der Waals surface area contributed by atoms with Gasteiger partial charge < -0.3 is 9.47 Å². The maximum Gasteiger partial charge on any atom is 0.399 e. The second kappa shape index (κ2) is 14.2. The van der Waals surface area contributed by atoms with Crippen LogP contribution in [0.15, 0.2) is 0 Å². The molecule has 11 heteroatoms. The highest BCUT2D eigenvalue weighted by atomic mass is 32.3. The lowest BCUT2D eigenvalue weighted by Crippen LogP contribution is -2.35. The van der Waals surface area contributed by atoms with Crippen LogP contribution in [-0.4, -0.2) is 61.1 Å². The Kier molecular flexibility index (Phi) is 15.5. The van der Waals surface area contributed by atoms with E-state index in [1.54, 1.807) is 14.2 Å². The standard InChI is InChI=1S/C8H16O2.C2H6O4S.C2H6O3S/c1-9-8(10-2)6-4-3-5-7-8;1-5-7(3,4)6-2;1-4-6(3)5-2/h3-7H2,1-2H3;1-2H3;1-2H3. The van der Waals surface area contributed by atoms with Crippen LogP contribution < -0.4 is 0 Å². The second-order valence-electron chi connectivity index (χ2n) is 4.16. The predicted molar refractivity (Wildman–Crippen MR) is 84.9 cm³/mol. The van der Waals surface area contributed by atoms with Crippen molar-refractivity contribution >= 4 is 21.8 Å². The van der Waals surface area contributed by atoms with Gasteiger partial charge in [0, 0.05) is 27.1 Å². The summed E-state index contributed by atoms with van der Waals surface area (Å²) < 4.78 is 56.3. The summed E-state index contributed by atoms with van der Waals surface area (Å²) in [5, 5.41) is 0. The van der Waals surface area contributed by atoms with Gasteiger partial charge in [-0.25, -0.2) is 0 Å². The highest BCUT2D eigenvalue weighted by Crippen LogP contribution is 2.31. The van der Waals surface area contributed by atoms with Crippen LogP contribution in [0.3, 0.4) is 0 Å². The Morgan fingerprint density at radius 2 is 1.17 bits per heavy atom. The molecule has 0 N–H and O–H groups in total. The van der Waals surface area contributed by atoms with Crippen molar-refractivity contribution in [1.82, 2.24) is 0 Å². The van der Waals surface area contributed by atoms with Gasteiger partial charge in [-0.05, 0) is 12.8 Å². The number of hydrogen-bond acceptors (Lipinski definition) is 9. The van der Waals surface area contributed by atoms with Crippen LogP contribution in [0, 0.1) is 0 Å². The van der Waals surface area contributed by atoms with Crippen molar-refractivity contribution in [3.8, 4) is 0 Å². The molecule has 0 unspecified atom stereocenters. The summed E-state index contributed by atoms with van der Waals surface area (Å²) in [4.78, 5) is 0. The van der Waals surface area contributed by atoms with Crippen molar-refractivity contribution in [2.75, 3.05) is 42.7 Å². The van der Waals surface area contributed by atoms with E-state index in [4.69, 9.17) is 9.47 Å². The Hall–Kier alpha value is -0.140. The van der Waals surface area contributed by atoms with Crippen LogP contribution in [-0.2, 0) is 48.0 Å². The molecule has 9 nitrogen and oxygen atoms in total. The van der Waals surface area contributed by atoms with Gasteiger partial charge in [0.25, 0.3) is 0 Å². The number of ether oxygens (including phenoxy) is 2. The number of hydrogen-bond donors (Lipinski definition) is 0. The zero-order valence-corrected chi connectivity index (χ0v) is 16.2. The lowest BCUT2D eigenvalue weighted by atomic mass is 9.94. The van der Waals surface area contributed by atoms with E-state index in [1.165, 1.54) is 33.5 Å². The van der Waals surface area contributed by atoms with E-state index >= 15 is 0 Å². The van der Waals surface area contributed by atoms with Crippen molar-refractivity contribution in [3.05, 3.63) is 0 Å². The maximum absolute atomic E-state index is 9.92. The van der Waals surface area contributed by atoms with E-state index in [1.807, 2.05) is 0 Å². The molecule has 0 bridgehead atoms. The number of rotatable bonds is 6. The first-order valence-electron chi connectivity index (χ1n) is 6.73. The van der Waals surface area contributed by atoms with Gasteiger partial charge in [-0.1, -0.05) is 6.42 Å². The van der Waals surface area contributed by atoms with Gasteiger partial charge in [-0.3, -0.25) is 16.7 Å². The fourth-order valence-corrected chi connectivity index (χ4v) is 1.99. The summed E-state index contributed by atoms with van der Waals surface area (Å²) in [6.07, 6.45) is 5.91. The molecule has 0 aromatic carbocycles. The lowest BCUT2D eigenvalue weighted by molar-refractivity contribution is -0.222. The average Bonchev–Trinajstić information content (AvgIpc) is 2.62. The van der Waals surface area contributed by atoms with Crippen LogP contribution in [0.25, 0.3) is 0 Å². The molecule has 0 spiro atoms. The molecule has 1 aliphatic carbocycles. The first-order chi connectivity index (χ1) is 10.8. The van der Waals surface area contributed by atoms with E-state index in [9.17, 15) is 12.6 Å². The molecule has 0 aromatic rings. The average molecular weight is 380 g/mol. The normalized spacial score (nSPS) is 16.8. The van der Waals surface area contributed by atoms with Crippen molar-refractivity contribution in [2.45, 2.75) is 37.9 Å². The van der Waals surface area contributed by atoms with Gasteiger partial charge in [0.05, 0.1) is 28.4 Å². The monoisotopic (exact) mass is 380 g/mol. The summed E-state index contributed by atoms with van der Waals surface area (Å²) in [6.45, 7) is 0. The summed E-state index contributed by atoms with van der Waals surface area (Å²) >= 11 is -1.53. The zero-order chi connectivity index (χ0) is 18.4. The van der Waals surface area contributed by atoms with Crippen LogP contribution in [0.2, 0.25) is 0 Å². The van der Waals surface area contributed by atoms with Gasteiger partial charge in [-0.15, -0.1) is 0 Å². The van der Waals surface area contributed by atoms with E-state index in [0.29, 0.717) is 0 Å². The first-order valence-corrected chi connectivity index (χ1v) is 9.06. The van der Waals surface area contributed by atoms with E-state index in [-0.39, 0.29) is 5.79 Å². The highest BCUT2D eigenvalue weighted by molar-refractivity contribution is 7.81. The van der Waals surface area contributed by atoms with Crippen LogP contribution in [0.4, 0.5) is 0 Å². The minimum absolute atomic E-state index is 0.238. The van der Waals surface area contributed by atoms with Gasteiger partial charge in [-0.2, -0.15) is 12.6 Å². The highest BCUT2D eigenvalue weighted by Gasteiger charge is 2.30. The van der Waals surface area contributed by atoms with Crippen molar-refractivity contribution in [2.24, 2.45) is 0 Å². The Bertz CT molecular complexity index is 369. The summed E-state index contributed by atoms with van der Waals surface area (Å²) in [5.74, 6) is -0.238. The van der Waals surface area contributed by atoms with Gasteiger partial charge >= 0.3 is 21.8 Å². The minimum atomic E-state index is -3.66. The third-order valence-electron chi connectivity index (χ3n) is 3.04. The SMILES string of the molecule is COC1(OC)CCCCC1.COS(=O)(=O)OC.COS(=O)OC. The van der Waals surface area contributed by atoms with E-state index in [2.05, 4.69) is 16.7 Å². The fraction of sp³-hybridized carbons (Fsp3) is 1.00. The van der Waals surface area contributed by atoms with Crippen LogP contribution >= 0.6 is 0 Å². The molecule has 0 amide bonds. The molecular formula is C12H28O9S2. The third-order valence-corrected chi connectivity index (χ3v) is 4.40. The molecule has 1 rings (SSSR count). The summed E-state index contributed by atoms with van der Waals surface area (Å²) in [7, 11) is 4.47. The fourth-order valence-electron chi connectivity index (χ4n) is 1.72. The smallest absolute Gasteiger partial charge is 0.353 e. The summed E-state index contributed by atoms with van der Waals surface area (Å²) in [5.41, 5.74) is 0. The molecule has 1 aliphatic rings. The third kappa shape index (κ3) is 12.9. The van der Waals surface area contributed by atoms with Crippen molar-refractivity contribution in [1.29, 1.82) is 0 Å². The molecule has 0 aromatic heterocycles. The largest absolute Gasteiger partial charge is 0.399 e. The molecule has 142 valence electrons. The van der Waals surface area contributed by atoms with Gasteiger partial charge in [0.2, 0.25) is 0 Å². The molecule has 0 atom stereocenters. The minimum Gasteiger partial charge on any atom is -0.353 e. The Balaban J connectivity index is 0. The molecule has 0 aliphatic heterocycles. The molecule has 0 saturated heterocycles. The van der Waals surface area contributed by atoms with Crippen LogP contribution in [0.1, 0.15) is 32.1 Å². The number of methoxy groups -OCH3 is 2. The molecule has 23 heavy (non-hydrogen) atoms. The van der Waals surface area contributed by atoms with Gasteiger partial charge in [0.1, 0.15) is 0 Å². The lowest BCUT2D eigenvalue weighted by Gasteiger charge is -2.34. The van der Waals surface area contributed by atoms with Crippen LogP contribution in [0.5, 0.6) is 0 Å². The first kappa shape index (κ1) is 25.1. The molecule has 0 radical (unpaired) electrons. The van der Waals surface area contributed by atoms with Crippen molar-refractivity contribution in [3.63, 3.8) is 0 Å². The Morgan fingerprint density at radius 1 is 0.783 bits per heavy atom.